The van der Waals surface area contributed by atoms with Gasteiger partial charge in [0.15, 0.2) is 0 Å². The van der Waals surface area contributed by atoms with Crippen LogP contribution >= 0.6 is 15.9 Å². The van der Waals surface area contributed by atoms with Gasteiger partial charge in [0.25, 0.3) is 0 Å². The minimum absolute atomic E-state index is 0.289. The average molecular weight is 281 g/mol. The van der Waals surface area contributed by atoms with Gasteiger partial charge in [-0.15, -0.1) is 0 Å². The van der Waals surface area contributed by atoms with Gasteiger partial charge >= 0.3 is 0 Å². The fourth-order valence-corrected chi connectivity index (χ4v) is 2.21. The van der Waals surface area contributed by atoms with Crippen molar-refractivity contribution in [3.8, 4) is 6.07 Å². The molecule has 0 aromatic carbocycles. The second-order valence-corrected chi connectivity index (χ2v) is 4.88. The number of anilines is 1. The molecule has 2 rings (SSSR count). The monoisotopic (exact) mass is 280 g/mol. The first kappa shape index (κ1) is 11.4. The van der Waals surface area contributed by atoms with E-state index in [1.54, 1.807) is 12.3 Å². The summed E-state index contributed by atoms with van der Waals surface area (Å²) in [5, 5.41) is 9.06. The van der Waals surface area contributed by atoms with Crippen LogP contribution in [0.4, 0.5) is 5.82 Å². The molecular formula is C11H13BrN4. The van der Waals surface area contributed by atoms with E-state index in [2.05, 4.69) is 31.9 Å². The zero-order chi connectivity index (χ0) is 11.5. The molecule has 1 saturated heterocycles. The lowest BCUT2D eigenvalue weighted by Crippen LogP contribution is -2.40. The molecule has 1 aliphatic heterocycles. The Hall–Kier alpha value is -1.12. The minimum Gasteiger partial charge on any atom is -0.355 e. The number of nitriles is 1. The Bertz CT molecular complexity index is 418. The highest BCUT2D eigenvalue weighted by atomic mass is 79.9. The maximum absolute atomic E-state index is 9.06. The molecule has 0 atom stereocenters. The highest BCUT2D eigenvalue weighted by molar-refractivity contribution is 9.10. The van der Waals surface area contributed by atoms with Crippen molar-refractivity contribution in [1.82, 2.24) is 4.98 Å². The summed E-state index contributed by atoms with van der Waals surface area (Å²) in [6, 6.07) is 4.27. The summed E-state index contributed by atoms with van der Waals surface area (Å²) < 4.78 is 0.835. The normalized spacial score (nSPS) is 17.2. The Labute approximate surface area is 103 Å². The van der Waals surface area contributed by atoms with Gasteiger partial charge < -0.3 is 10.6 Å². The summed E-state index contributed by atoms with van der Waals surface area (Å²) in [5.74, 6) is 0.776. The maximum atomic E-state index is 9.06. The molecule has 5 heteroatoms. The zero-order valence-corrected chi connectivity index (χ0v) is 10.4. The maximum Gasteiger partial charge on any atom is 0.146 e. The van der Waals surface area contributed by atoms with Crippen molar-refractivity contribution in [1.29, 1.82) is 5.26 Å². The number of hydrogen-bond acceptors (Lipinski definition) is 4. The number of nitrogens with two attached hydrogens (primary N) is 1. The van der Waals surface area contributed by atoms with E-state index in [-0.39, 0.29) is 6.04 Å². The van der Waals surface area contributed by atoms with Crippen molar-refractivity contribution in [3.63, 3.8) is 0 Å². The van der Waals surface area contributed by atoms with E-state index in [9.17, 15) is 0 Å². The van der Waals surface area contributed by atoms with Gasteiger partial charge in [-0.1, -0.05) is 0 Å². The summed E-state index contributed by atoms with van der Waals surface area (Å²) in [6.45, 7) is 1.76. The Morgan fingerprint density at radius 1 is 1.50 bits per heavy atom. The highest BCUT2D eigenvalue weighted by Gasteiger charge is 2.19. The minimum atomic E-state index is 0.289. The summed E-state index contributed by atoms with van der Waals surface area (Å²) in [4.78, 5) is 6.45. The van der Waals surface area contributed by atoms with Gasteiger partial charge in [0.2, 0.25) is 0 Å². The molecule has 2 N–H and O–H groups in total. The van der Waals surface area contributed by atoms with Crippen LogP contribution in [-0.2, 0) is 0 Å². The zero-order valence-electron chi connectivity index (χ0n) is 8.86. The highest BCUT2D eigenvalue weighted by Crippen LogP contribution is 2.23. The molecule has 1 fully saturated rings. The molecule has 0 aliphatic carbocycles. The Balaban J connectivity index is 2.24. The lowest BCUT2D eigenvalue weighted by atomic mass is 10.1. The van der Waals surface area contributed by atoms with E-state index >= 15 is 0 Å². The fraction of sp³-hybridized carbons (Fsp3) is 0.455. The first-order valence-electron chi connectivity index (χ1n) is 5.27. The van der Waals surface area contributed by atoms with Gasteiger partial charge in [-0.2, -0.15) is 5.26 Å². The quantitative estimate of drug-likeness (QED) is 0.850. The number of piperidine rings is 1. The summed E-state index contributed by atoms with van der Waals surface area (Å²) >= 11 is 3.32. The molecule has 0 unspecified atom stereocenters. The van der Waals surface area contributed by atoms with Gasteiger partial charge in [-0.25, -0.2) is 4.98 Å². The van der Waals surface area contributed by atoms with E-state index in [0.717, 1.165) is 36.2 Å². The first-order valence-corrected chi connectivity index (χ1v) is 6.06. The van der Waals surface area contributed by atoms with E-state index in [4.69, 9.17) is 11.0 Å². The second kappa shape index (κ2) is 4.81. The number of rotatable bonds is 1. The van der Waals surface area contributed by atoms with Crippen LogP contribution in [0.25, 0.3) is 0 Å². The lowest BCUT2D eigenvalue weighted by Gasteiger charge is -2.31. The van der Waals surface area contributed by atoms with E-state index in [1.807, 2.05) is 0 Å². The van der Waals surface area contributed by atoms with Crippen molar-refractivity contribution in [3.05, 3.63) is 22.3 Å². The third-order valence-corrected chi connectivity index (χ3v) is 3.23. The molecule has 0 bridgehead atoms. The van der Waals surface area contributed by atoms with Crippen molar-refractivity contribution in [2.75, 3.05) is 18.0 Å². The molecule has 4 nitrogen and oxygen atoms in total. The van der Waals surface area contributed by atoms with Crippen molar-refractivity contribution < 1.29 is 0 Å². The Kier molecular flexibility index (Phi) is 3.42. The van der Waals surface area contributed by atoms with E-state index in [1.165, 1.54) is 0 Å². The van der Waals surface area contributed by atoms with Crippen LogP contribution in [0.3, 0.4) is 0 Å². The molecule has 0 saturated carbocycles. The van der Waals surface area contributed by atoms with Crippen LogP contribution < -0.4 is 10.6 Å². The largest absolute Gasteiger partial charge is 0.355 e. The Morgan fingerprint density at radius 2 is 2.19 bits per heavy atom. The van der Waals surface area contributed by atoms with E-state index < -0.39 is 0 Å². The molecule has 1 aromatic rings. The lowest BCUT2D eigenvalue weighted by molar-refractivity contribution is 0.498. The van der Waals surface area contributed by atoms with Crippen molar-refractivity contribution in [2.45, 2.75) is 18.9 Å². The molecule has 0 amide bonds. The third-order valence-electron chi connectivity index (χ3n) is 2.79. The molecule has 84 valence electrons. The van der Waals surface area contributed by atoms with Crippen LogP contribution in [-0.4, -0.2) is 24.1 Å². The number of pyridine rings is 1. The Morgan fingerprint density at radius 3 is 2.81 bits per heavy atom. The van der Waals surface area contributed by atoms with Gasteiger partial charge in [-0.05, 0) is 34.8 Å². The predicted octanol–water partition coefficient (Wildman–Crippen LogP) is 1.64. The van der Waals surface area contributed by atoms with Crippen LogP contribution in [0.5, 0.6) is 0 Å². The summed E-state index contributed by atoms with van der Waals surface area (Å²) in [5.41, 5.74) is 6.47. The molecule has 0 spiro atoms. The van der Waals surface area contributed by atoms with Crippen LogP contribution in [0.2, 0.25) is 0 Å². The number of aromatic nitrogens is 1. The van der Waals surface area contributed by atoms with Crippen LogP contribution in [0, 0.1) is 11.3 Å². The SMILES string of the molecule is N#Cc1cc(Br)cnc1N1CCC(N)CC1. The summed E-state index contributed by atoms with van der Waals surface area (Å²) in [6.07, 6.45) is 3.65. The number of halogens is 1. The molecule has 1 aliphatic rings. The molecule has 2 heterocycles. The predicted molar refractivity (Wildman–Crippen MR) is 66.1 cm³/mol. The van der Waals surface area contributed by atoms with Crippen LogP contribution in [0.15, 0.2) is 16.7 Å². The number of nitrogens with zero attached hydrogens (tertiary/aromatic N) is 3. The van der Waals surface area contributed by atoms with Gasteiger partial charge in [0.05, 0.1) is 5.56 Å². The van der Waals surface area contributed by atoms with Gasteiger partial charge in [-0.3, -0.25) is 0 Å². The molecule has 16 heavy (non-hydrogen) atoms. The number of hydrogen-bond donors (Lipinski definition) is 1. The van der Waals surface area contributed by atoms with Crippen molar-refractivity contribution in [2.24, 2.45) is 5.73 Å². The third kappa shape index (κ3) is 2.34. The molecule has 1 aromatic heterocycles. The summed E-state index contributed by atoms with van der Waals surface area (Å²) in [7, 11) is 0. The standard InChI is InChI=1S/C11H13BrN4/c12-9-5-8(6-13)11(15-7-9)16-3-1-10(14)2-4-16/h5,7,10H,1-4,14H2. The van der Waals surface area contributed by atoms with Gasteiger partial charge in [0.1, 0.15) is 11.9 Å². The second-order valence-electron chi connectivity index (χ2n) is 3.96. The van der Waals surface area contributed by atoms with Crippen molar-refractivity contribution >= 4 is 21.7 Å². The fourth-order valence-electron chi connectivity index (χ4n) is 1.88. The van der Waals surface area contributed by atoms with E-state index in [0.29, 0.717) is 5.56 Å². The molecular weight excluding hydrogens is 268 g/mol. The smallest absolute Gasteiger partial charge is 0.146 e. The van der Waals surface area contributed by atoms with Gasteiger partial charge in [0, 0.05) is 29.8 Å². The first-order chi connectivity index (χ1) is 7.70. The average Bonchev–Trinajstić information content (AvgIpc) is 2.30. The van der Waals surface area contributed by atoms with Crippen LogP contribution in [0.1, 0.15) is 18.4 Å². The topological polar surface area (TPSA) is 65.9 Å². The molecule has 0 radical (unpaired) electrons.